The Labute approximate surface area is 182 Å². The van der Waals surface area contributed by atoms with Gasteiger partial charge in [0.1, 0.15) is 0 Å². The topological polar surface area (TPSA) is 42.9 Å². The lowest BCUT2D eigenvalue weighted by atomic mass is 9.96. The number of benzene rings is 1. The van der Waals surface area contributed by atoms with Crippen molar-refractivity contribution in [3.05, 3.63) is 35.9 Å². The van der Waals surface area contributed by atoms with E-state index in [9.17, 15) is 0 Å². The van der Waals surface area contributed by atoms with Gasteiger partial charge in [-0.1, -0.05) is 30.3 Å². The van der Waals surface area contributed by atoms with E-state index in [1.165, 1.54) is 18.4 Å². The molecule has 1 saturated carbocycles. The average molecular weight is 485 g/mol. The van der Waals surface area contributed by atoms with Crippen molar-refractivity contribution in [3.8, 4) is 0 Å². The van der Waals surface area contributed by atoms with Crippen molar-refractivity contribution < 1.29 is 0 Å². The van der Waals surface area contributed by atoms with Crippen LogP contribution in [0.15, 0.2) is 35.3 Å². The van der Waals surface area contributed by atoms with E-state index in [-0.39, 0.29) is 29.4 Å². The zero-order valence-electron chi connectivity index (χ0n) is 17.1. The van der Waals surface area contributed by atoms with Crippen LogP contribution in [-0.2, 0) is 5.41 Å². The van der Waals surface area contributed by atoms with Crippen molar-refractivity contribution >= 4 is 29.9 Å². The Morgan fingerprint density at radius 2 is 1.78 bits per heavy atom. The third-order valence-corrected chi connectivity index (χ3v) is 5.85. The summed E-state index contributed by atoms with van der Waals surface area (Å²) in [5.41, 5.74) is 1.71. The number of rotatable bonds is 7. The molecule has 1 heterocycles. The maximum Gasteiger partial charge on any atom is 0.191 e. The summed E-state index contributed by atoms with van der Waals surface area (Å²) in [5.74, 6) is 0.954. The summed E-state index contributed by atoms with van der Waals surface area (Å²) in [6.07, 6.45) is 2.50. The predicted octanol–water partition coefficient (Wildman–Crippen LogP) is 2.53. The van der Waals surface area contributed by atoms with Crippen molar-refractivity contribution in [2.75, 3.05) is 52.9 Å². The summed E-state index contributed by atoms with van der Waals surface area (Å²) >= 11 is 0. The first-order valence-electron chi connectivity index (χ1n) is 10.1. The van der Waals surface area contributed by atoms with E-state index < -0.39 is 0 Å². The molecule has 1 atom stereocenters. The van der Waals surface area contributed by atoms with Crippen LogP contribution in [0.4, 0.5) is 0 Å². The number of aliphatic imine (C=N–C) groups is 1. The first-order chi connectivity index (χ1) is 12.6. The number of nitrogens with zero attached hydrogens (tertiary/aromatic N) is 3. The molecule has 0 bridgehead atoms. The number of guanidine groups is 1. The third kappa shape index (κ3) is 6.32. The van der Waals surface area contributed by atoms with Crippen LogP contribution >= 0.6 is 24.0 Å². The minimum absolute atomic E-state index is 0. The normalized spacial score (nSPS) is 21.2. The summed E-state index contributed by atoms with van der Waals surface area (Å²) in [6, 6.07) is 11.4. The molecule has 5 nitrogen and oxygen atoms in total. The highest BCUT2D eigenvalue weighted by Gasteiger charge is 2.43. The van der Waals surface area contributed by atoms with Gasteiger partial charge in [-0.05, 0) is 39.3 Å². The second-order valence-electron chi connectivity index (χ2n) is 7.91. The maximum atomic E-state index is 4.92. The van der Waals surface area contributed by atoms with Gasteiger partial charge in [-0.2, -0.15) is 0 Å². The molecule has 152 valence electrons. The summed E-state index contributed by atoms with van der Waals surface area (Å²) in [6.45, 7) is 11.8. The number of halogens is 1. The third-order valence-electron chi connectivity index (χ3n) is 5.85. The molecule has 3 rings (SSSR count). The highest BCUT2D eigenvalue weighted by Crippen LogP contribution is 2.48. The summed E-state index contributed by atoms with van der Waals surface area (Å²) in [4.78, 5) is 9.90. The van der Waals surface area contributed by atoms with Gasteiger partial charge >= 0.3 is 0 Å². The molecule has 0 spiro atoms. The predicted molar refractivity (Wildman–Crippen MR) is 125 cm³/mol. The second kappa shape index (κ2) is 10.6. The van der Waals surface area contributed by atoms with Gasteiger partial charge in [-0.3, -0.25) is 9.89 Å². The molecule has 1 saturated heterocycles. The number of hydrogen-bond acceptors (Lipinski definition) is 3. The largest absolute Gasteiger partial charge is 0.357 e. The van der Waals surface area contributed by atoms with Crippen molar-refractivity contribution in [1.29, 1.82) is 0 Å². The molecule has 0 amide bonds. The zero-order chi connectivity index (χ0) is 18.4. The lowest BCUT2D eigenvalue weighted by molar-refractivity contribution is 0.120. The van der Waals surface area contributed by atoms with Gasteiger partial charge in [0.15, 0.2) is 5.96 Å². The lowest BCUT2D eigenvalue weighted by Crippen LogP contribution is -2.52. The minimum atomic E-state index is 0. The van der Waals surface area contributed by atoms with Gasteiger partial charge in [0.25, 0.3) is 0 Å². The second-order valence-corrected chi connectivity index (χ2v) is 7.91. The molecular weight excluding hydrogens is 449 g/mol. The fourth-order valence-electron chi connectivity index (χ4n) is 3.69. The van der Waals surface area contributed by atoms with E-state index in [1.807, 2.05) is 0 Å². The van der Waals surface area contributed by atoms with Gasteiger partial charge in [0, 0.05) is 50.7 Å². The Bertz CT molecular complexity index is 579. The molecule has 0 aromatic heterocycles. The van der Waals surface area contributed by atoms with E-state index in [4.69, 9.17) is 4.99 Å². The Hall–Kier alpha value is -0.860. The van der Waals surface area contributed by atoms with Crippen molar-refractivity contribution in [2.45, 2.75) is 38.1 Å². The number of nitrogens with one attached hydrogen (secondary N) is 2. The molecular formula is C21H36IN5. The molecule has 1 aliphatic carbocycles. The van der Waals surface area contributed by atoms with Crippen LogP contribution in [0.2, 0.25) is 0 Å². The average Bonchev–Trinajstić information content (AvgIpc) is 3.46. The Morgan fingerprint density at radius 1 is 1.11 bits per heavy atom. The Kier molecular flexibility index (Phi) is 8.82. The first kappa shape index (κ1) is 22.4. The molecule has 1 aromatic rings. The molecule has 2 fully saturated rings. The van der Waals surface area contributed by atoms with Gasteiger partial charge in [-0.15, -0.1) is 24.0 Å². The molecule has 1 unspecified atom stereocenters. The summed E-state index contributed by atoms with van der Waals surface area (Å²) in [5, 5.41) is 6.98. The van der Waals surface area contributed by atoms with E-state index in [1.54, 1.807) is 0 Å². The zero-order valence-corrected chi connectivity index (χ0v) is 19.4. The molecule has 6 heteroatoms. The smallest absolute Gasteiger partial charge is 0.191 e. The van der Waals surface area contributed by atoms with Crippen LogP contribution in [0.1, 0.15) is 32.3 Å². The van der Waals surface area contributed by atoms with Crippen LogP contribution in [-0.4, -0.2) is 74.7 Å². The maximum absolute atomic E-state index is 4.92. The van der Waals surface area contributed by atoms with Crippen LogP contribution in [0, 0.1) is 0 Å². The van der Waals surface area contributed by atoms with E-state index in [2.05, 4.69) is 71.7 Å². The molecule has 2 aliphatic rings. The van der Waals surface area contributed by atoms with Gasteiger partial charge in [0.2, 0.25) is 0 Å². The fourth-order valence-corrected chi connectivity index (χ4v) is 3.69. The van der Waals surface area contributed by atoms with Crippen molar-refractivity contribution in [1.82, 2.24) is 20.4 Å². The molecule has 1 aliphatic heterocycles. The van der Waals surface area contributed by atoms with Crippen molar-refractivity contribution in [2.24, 2.45) is 4.99 Å². The van der Waals surface area contributed by atoms with Crippen LogP contribution < -0.4 is 10.6 Å². The van der Waals surface area contributed by atoms with E-state index >= 15 is 0 Å². The Balaban J connectivity index is 0.00000261. The fraction of sp³-hybridized carbons (Fsp3) is 0.667. The van der Waals surface area contributed by atoms with E-state index in [0.717, 1.165) is 51.8 Å². The van der Waals surface area contributed by atoms with Crippen LogP contribution in [0.5, 0.6) is 0 Å². The van der Waals surface area contributed by atoms with E-state index in [0.29, 0.717) is 6.04 Å². The molecule has 0 radical (unpaired) electrons. The van der Waals surface area contributed by atoms with Crippen LogP contribution in [0.3, 0.4) is 0 Å². The highest BCUT2D eigenvalue weighted by molar-refractivity contribution is 14.0. The number of hydrogen-bond donors (Lipinski definition) is 2. The number of piperazine rings is 1. The summed E-state index contributed by atoms with van der Waals surface area (Å²) in [7, 11) is 2.20. The first-order valence-corrected chi connectivity index (χ1v) is 10.1. The summed E-state index contributed by atoms with van der Waals surface area (Å²) < 4.78 is 0. The highest BCUT2D eigenvalue weighted by atomic mass is 127. The SMILES string of the molecule is CCNC(=NCC1(c2ccccc2)CC1)NCC(C)N1CCN(C)CC1.I. The lowest BCUT2D eigenvalue weighted by Gasteiger charge is -2.36. The van der Waals surface area contributed by atoms with Gasteiger partial charge < -0.3 is 15.5 Å². The molecule has 2 N–H and O–H groups in total. The standard InChI is InChI=1S/C21H35N5.HI/c1-4-22-20(23-16-18(2)26-14-12-25(3)13-15-26)24-17-21(10-11-21)19-8-6-5-7-9-19;/h5-9,18H,4,10-17H2,1-3H3,(H2,22,23,24);1H. The molecule has 1 aromatic carbocycles. The molecule has 27 heavy (non-hydrogen) atoms. The van der Waals surface area contributed by atoms with Crippen molar-refractivity contribution in [3.63, 3.8) is 0 Å². The van der Waals surface area contributed by atoms with Gasteiger partial charge in [-0.25, -0.2) is 0 Å². The quantitative estimate of drug-likeness (QED) is 0.354. The number of likely N-dealkylation sites (N-methyl/N-ethyl adjacent to an activating group) is 1. The van der Waals surface area contributed by atoms with Crippen LogP contribution in [0.25, 0.3) is 0 Å². The minimum Gasteiger partial charge on any atom is -0.357 e. The monoisotopic (exact) mass is 485 g/mol. The Morgan fingerprint density at radius 3 is 2.37 bits per heavy atom. The van der Waals surface area contributed by atoms with Gasteiger partial charge in [0.05, 0.1) is 6.54 Å².